The number of ether oxygens (including phenoxy) is 1. The van der Waals surface area contributed by atoms with Crippen molar-refractivity contribution in [3.05, 3.63) is 65.2 Å². The largest absolute Gasteiger partial charge is 0.494 e. The number of nitrogens with one attached hydrogen (secondary N) is 1. The van der Waals surface area contributed by atoms with Crippen molar-refractivity contribution in [2.24, 2.45) is 0 Å². The Morgan fingerprint density at radius 1 is 1.00 bits per heavy atom. The molecule has 2 aromatic rings. The van der Waals surface area contributed by atoms with E-state index in [1.54, 1.807) is 0 Å². The van der Waals surface area contributed by atoms with Crippen LogP contribution in [0.15, 0.2) is 48.5 Å². The first-order valence-corrected chi connectivity index (χ1v) is 7.86. The third-order valence-corrected chi connectivity index (χ3v) is 3.87. The summed E-state index contributed by atoms with van der Waals surface area (Å²) in [5.74, 6) is 1.78. The number of hydrogen-bond acceptors (Lipinski definition) is 2. The van der Waals surface area contributed by atoms with E-state index in [4.69, 9.17) is 4.74 Å². The minimum atomic E-state index is 0.713. The summed E-state index contributed by atoms with van der Waals surface area (Å²) >= 11 is 0. The molecule has 3 rings (SSSR count). The molecular weight excluding hydrogens is 258 g/mol. The van der Waals surface area contributed by atoms with Gasteiger partial charge in [0.25, 0.3) is 0 Å². The molecule has 0 atom stereocenters. The van der Waals surface area contributed by atoms with Crippen molar-refractivity contribution in [2.75, 3.05) is 6.61 Å². The van der Waals surface area contributed by atoms with Crippen molar-refractivity contribution in [3.8, 4) is 5.75 Å². The van der Waals surface area contributed by atoms with Gasteiger partial charge in [0.1, 0.15) is 5.75 Å². The zero-order valence-electron chi connectivity index (χ0n) is 12.6. The molecule has 0 aliphatic heterocycles. The topological polar surface area (TPSA) is 21.3 Å². The fourth-order valence-corrected chi connectivity index (χ4v) is 2.64. The van der Waals surface area contributed by atoms with Gasteiger partial charge < -0.3 is 10.1 Å². The van der Waals surface area contributed by atoms with Crippen LogP contribution in [0.3, 0.4) is 0 Å². The lowest BCUT2D eigenvalue weighted by molar-refractivity contribution is 0.340. The first-order valence-electron chi connectivity index (χ1n) is 7.86. The molecule has 2 nitrogen and oxygen atoms in total. The molecule has 21 heavy (non-hydrogen) atoms. The van der Waals surface area contributed by atoms with E-state index < -0.39 is 0 Å². The van der Waals surface area contributed by atoms with Crippen molar-refractivity contribution in [1.29, 1.82) is 0 Å². The zero-order valence-corrected chi connectivity index (χ0v) is 12.6. The van der Waals surface area contributed by atoms with Gasteiger partial charge in [-0.15, -0.1) is 0 Å². The van der Waals surface area contributed by atoms with Gasteiger partial charge in [-0.1, -0.05) is 36.4 Å². The fraction of sp³-hybridized carbons (Fsp3) is 0.368. The van der Waals surface area contributed by atoms with Crippen molar-refractivity contribution < 1.29 is 4.74 Å². The molecule has 1 aliphatic rings. The summed E-state index contributed by atoms with van der Waals surface area (Å²) in [6.45, 7) is 4.51. The Labute approximate surface area is 127 Å². The highest BCUT2D eigenvalue weighted by molar-refractivity contribution is 5.30. The monoisotopic (exact) mass is 281 g/mol. The second-order valence-corrected chi connectivity index (χ2v) is 5.70. The minimum absolute atomic E-state index is 0.713. The quantitative estimate of drug-likeness (QED) is 0.819. The Hall–Kier alpha value is -1.80. The first-order chi connectivity index (χ1) is 10.3. The highest BCUT2D eigenvalue weighted by Gasteiger charge is 2.23. The van der Waals surface area contributed by atoms with E-state index in [2.05, 4.69) is 47.8 Å². The Morgan fingerprint density at radius 2 is 1.71 bits per heavy atom. The van der Waals surface area contributed by atoms with Gasteiger partial charge in [-0.05, 0) is 54.5 Å². The summed E-state index contributed by atoms with van der Waals surface area (Å²) in [4.78, 5) is 0. The lowest BCUT2D eigenvalue weighted by Crippen LogP contribution is -2.12. The van der Waals surface area contributed by atoms with Gasteiger partial charge in [0, 0.05) is 13.1 Å². The van der Waals surface area contributed by atoms with Crippen LogP contribution < -0.4 is 10.1 Å². The second kappa shape index (κ2) is 6.77. The van der Waals surface area contributed by atoms with Crippen LogP contribution in [0.2, 0.25) is 0 Å². The van der Waals surface area contributed by atoms with Crippen LogP contribution in [-0.2, 0) is 13.1 Å². The van der Waals surface area contributed by atoms with Gasteiger partial charge in [-0.3, -0.25) is 0 Å². The molecule has 110 valence electrons. The lowest BCUT2D eigenvalue weighted by atomic mass is 10.1. The van der Waals surface area contributed by atoms with Crippen LogP contribution in [0.25, 0.3) is 0 Å². The molecule has 0 unspecified atom stereocenters. The summed E-state index contributed by atoms with van der Waals surface area (Å²) in [6, 6.07) is 17.3. The maximum absolute atomic E-state index is 5.53. The molecular formula is C19H23NO. The molecule has 0 radical (unpaired) electrons. The van der Waals surface area contributed by atoms with E-state index in [-0.39, 0.29) is 0 Å². The maximum atomic E-state index is 5.53. The Kier molecular flexibility index (Phi) is 4.56. The number of hydrogen-bond donors (Lipinski definition) is 1. The zero-order chi connectivity index (χ0) is 14.5. The van der Waals surface area contributed by atoms with Gasteiger partial charge >= 0.3 is 0 Å². The standard InChI is InChI=1S/C19H23NO/c1-2-21-19-8-4-6-16(12-19)14-20-13-15-5-3-7-18(11-15)17-9-10-17/h3-8,11-12,17,20H,2,9-10,13-14H2,1H3. The Morgan fingerprint density at radius 3 is 2.43 bits per heavy atom. The SMILES string of the molecule is CCOc1cccc(CNCc2cccc(C3CC3)c2)c1. The summed E-state index contributed by atoms with van der Waals surface area (Å²) < 4.78 is 5.53. The second-order valence-electron chi connectivity index (χ2n) is 5.70. The molecule has 2 aromatic carbocycles. The van der Waals surface area contributed by atoms with Gasteiger partial charge in [0.05, 0.1) is 6.61 Å². The summed E-state index contributed by atoms with van der Waals surface area (Å²) in [6.07, 6.45) is 2.72. The van der Waals surface area contributed by atoms with Gasteiger partial charge in [0.2, 0.25) is 0 Å². The molecule has 0 aromatic heterocycles. The Balaban J connectivity index is 1.53. The number of benzene rings is 2. The third kappa shape index (κ3) is 4.08. The summed E-state index contributed by atoms with van der Waals surface area (Å²) in [7, 11) is 0. The molecule has 1 fully saturated rings. The van der Waals surface area contributed by atoms with E-state index in [0.717, 1.165) is 24.8 Å². The predicted octanol–water partition coefficient (Wildman–Crippen LogP) is 4.25. The molecule has 1 aliphatic carbocycles. The van der Waals surface area contributed by atoms with Crippen molar-refractivity contribution >= 4 is 0 Å². The predicted molar refractivity (Wildman–Crippen MR) is 86.6 cm³/mol. The normalized spacial score (nSPS) is 14.1. The minimum Gasteiger partial charge on any atom is -0.494 e. The van der Waals surface area contributed by atoms with Crippen LogP contribution in [0.4, 0.5) is 0 Å². The molecule has 1 saturated carbocycles. The van der Waals surface area contributed by atoms with Crippen molar-refractivity contribution in [2.45, 2.75) is 38.8 Å². The molecule has 2 heteroatoms. The van der Waals surface area contributed by atoms with E-state index in [1.807, 2.05) is 13.0 Å². The lowest BCUT2D eigenvalue weighted by Gasteiger charge is -2.09. The molecule has 0 heterocycles. The fourth-order valence-electron chi connectivity index (χ4n) is 2.64. The van der Waals surface area contributed by atoms with Gasteiger partial charge in [-0.2, -0.15) is 0 Å². The van der Waals surface area contributed by atoms with E-state index in [0.29, 0.717) is 6.61 Å². The molecule has 1 N–H and O–H groups in total. The third-order valence-electron chi connectivity index (χ3n) is 3.87. The van der Waals surface area contributed by atoms with Crippen LogP contribution >= 0.6 is 0 Å². The van der Waals surface area contributed by atoms with E-state index in [9.17, 15) is 0 Å². The molecule has 0 spiro atoms. The molecule has 0 bridgehead atoms. The van der Waals surface area contributed by atoms with E-state index in [1.165, 1.54) is 29.5 Å². The highest BCUT2D eigenvalue weighted by Crippen LogP contribution is 2.40. The number of rotatable bonds is 7. The van der Waals surface area contributed by atoms with E-state index >= 15 is 0 Å². The van der Waals surface area contributed by atoms with Gasteiger partial charge in [-0.25, -0.2) is 0 Å². The van der Waals surface area contributed by atoms with Crippen LogP contribution in [0, 0.1) is 0 Å². The average molecular weight is 281 g/mol. The first kappa shape index (κ1) is 14.2. The average Bonchev–Trinajstić information content (AvgIpc) is 3.33. The highest BCUT2D eigenvalue weighted by atomic mass is 16.5. The summed E-state index contributed by atoms with van der Waals surface area (Å²) in [5, 5.41) is 3.52. The van der Waals surface area contributed by atoms with Crippen molar-refractivity contribution in [1.82, 2.24) is 5.32 Å². The van der Waals surface area contributed by atoms with Crippen molar-refractivity contribution in [3.63, 3.8) is 0 Å². The Bertz CT molecular complexity index is 590. The molecule has 0 amide bonds. The van der Waals surface area contributed by atoms with Crippen LogP contribution in [0.5, 0.6) is 5.75 Å². The molecule has 0 saturated heterocycles. The van der Waals surface area contributed by atoms with Gasteiger partial charge in [0.15, 0.2) is 0 Å². The summed E-state index contributed by atoms with van der Waals surface area (Å²) in [5.41, 5.74) is 4.15. The smallest absolute Gasteiger partial charge is 0.119 e. The van der Waals surface area contributed by atoms with Crippen LogP contribution in [0.1, 0.15) is 42.4 Å². The maximum Gasteiger partial charge on any atom is 0.119 e. The van der Waals surface area contributed by atoms with Crippen LogP contribution in [-0.4, -0.2) is 6.61 Å².